The predicted molar refractivity (Wildman–Crippen MR) is 104 cm³/mol. The van der Waals surface area contributed by atoms with Crippen molar-refractivity contribution in [2.24, 2.45) is 22.7 Å². The summed E-state index contributed by atoms with van der Waals surface area (Å²) in [5, 5.41) is 0. The number of hydrogen-bond donors (Lipinski definition) is 0. The molecule has 1 fully saturated rings. The third-order valence-corrected chi connectivity index (χ3v) is 6.61. The summed E-state index contributed by atoms with van der Waals surface area (Å²) in [7, 11) is 1.66. The van der Waals surface area contributed by atoms with E-state index in [4.69, 9.17) is 9.47 Å². The maximum atomic E-state index is 13.1. The van der Waals surface area contributed by atoms with Crippen molar-refractivity contribution < 1.29 is 14.3 Å². The van der Waals surface area contributed by atoms with E-state index >= 15 is 0 Å². The molecule has 0 N–H and O–H groups in total. The second kappa shape index (κ2) is 9.94. The predicted octanol–water partition coefficient (Wildman–Crippen LogP) is 6.35. The van der Waals surface area contributed by atoms with Crippen molar-refractivity contribution in [1.82, 2.24) is 0 Å². The van der Waals surface area contributed by atoms with Gasteiger partial charge in [0.15, 0.2) is 0 Å². The van der Waals surface area contributed by atoms with E-state index in [0.717, 1.165) is 25.7 Å². The lowest BCUT2D eigenvalue weighted by molar-refractivity contribution is -0.187. The highest BCUT2D eigenvalue weighted by atomic mass is 16.7. The first-order valence-electron chi connectivity index (χ1n) is 10.4. The van der Waals surface area contributed by atoms with Crippen molar-refractivity contribution in [2.45, 2.75) is 106 Å². The van der Waals surface area contributed by atoms with Crippen LogP contribution in [0.25, 0.3) is 0 Å². The topological polar surface area (TPSA) is 35.5 Å². The van der Waals surface area contributed by atoms with Crippen molar-refractivity contribution in [2.75, 3.05) is 7.11 Å². The van der Waals surface area contributed by atoms with Gasteiger partial charge in [-0.25, -0.2) is 0 Å². The molecule has 25 heavy (non-hydrogen) atoms. The van der Waals surface area contributed by atoms with Crippen LogP contribution in [-0.2, 0) is 14.3 Å². The quantitative estimate of drug-likeness (QED) is 0.338. The van der Waals surface area contributed by atoms with E-state index in [1.165, 1.54) is 32.1 Å². The number of carbonyl (C=O) groups is 1. The van der Waals surface area contributed by atoms with Crippen LogP contribution in [0, 0.1) is 22.7 Å². The first kappa shape index (κ1) is 22.5. The van der Waals surface area contributed by atoms with E-state index in [9.17, 15) is 4.79 Å². The largest absolute Gasteiger partial charge is 0.436 e. The van der Waals surface area contributed by atoms with Gasteiger partial charge in [-0.3, -0.25) is 4.79 Å². The smallest absolute Gasteiger partial charge is 0.311 e. The molecule has 3 nitrogen and oxygen atoms in total. The molecular weight excluding hydrogens is 312 g/mol. The van der Waals surface area contributed by atoms with Gasteiger partial charge in [-0.2, -0.15) is 0 Å². The maximum Gasteiger partial charge on any atom is 0.311 e. The average Bonchev–Trinajstić information content (AvgIpc) is 2.59. The van der Waals surface area contributed by atoms with Gasteiger partial charge in [0.1, 0.15) is 0 Å². The number of esters is 1. The second-order valence-electron chi connectivity index (χ2n) is 9.46. The molecule has 0 bridgehead atoms. The van der Waals surface area contributed by atoms with Gasteiger partial charge in [-0.15, -0.1) is 0 Å². The van der Waals surface area contributed by atoms with Crippen LogP contribution in [0.3, 0.4) is 0 Å². The van der Waals surface area contributed by atoms with Gasteiger partial charge < -0.3 is 9.47 Å². The second-order valence-corrected chi connectivity index (χ2v) is 9.46. The Morgan fingerprint density at radius 3 is 2.12 bits per heavy atom. The minimum absolute atomic E-state index is 0.0628. The molecule has 0 aliphatic heterocycles. The molecule has 0 radical (unpaired) electrons. The molecule has 2 atom stereocenters. The first-order chi connectivity index (χ1) is 11.6. The Hall–Kier alpha value is -0.570. The Morgan fingerprint density at radius 1 is 1.04 bits per heavy atom. The number of carbonyl (C=O) groups excluding carboxylic acids is 1. The highest BCUT2D eigenvalue weighted by molar-refractivity contribution is 5.73. The molecule has 0 aromatic carbocycles. The SMILES string of the molecule is CCC(C)(C)CC(C(=O)OC(CC1CCCCC1)OC)C(C)(C)CC. The van der Waals surface area contributed by atoms with E-state index in [1.807, 2.05) is 0 Å². The molecule has 2 unspecified atom stereocenters. The monoisotopic (exact) mass is 354 g/mol. The fraction of sp³-hybridized carbons (Fsp3) is 0.955. The minimum Gasteiger partial charge on any atom is -0.436 e. The fourth-order valence-corrected chi connectivity index (χ4v) is 3.72. The third kappa shape index (κ3) is 7.29. The maximum absolute atomic E-state index is 13.1. The number of rotatable bonds is 10. The van der Waals surface area contributed by atoms with Crippen LogP contribution < -0.4 is 0 Å². The number of methoxy groups -OCH3 is 1. The van der Waals surface area contributed by atoms with Crippen molar-refractivity contribution >= 4 is 5.97 Å². The molecular formula is C22H42O3. The molecule has 0 saturated heterocycles. The fourth-order valence-electron chi connectivity index (χ4n) is 3.72. The summed E-state index contributed by atoms with van der Waals surface area (Å²) in [5.74, 6) is 0.476. The number of hydrogen-bond acceptors (Lipinski definition) is 3. The van der Waals surface area contributed by atoms with Crippen molar-refractivity contribution in [1.29, 1.82) is 0 Å². The van der Waals surface area contributed by atoms with Crippen LogP contribution in [0.4, 0.5) is 0 Å². The van der Waals surface area contributed by atoms with Crippen LogP contribution in [-0.4, -0.2) is 19.4 Å². The Labute approximate surface area is 156 Å². The molecule has 0 spiro atoms. The molecule has 0 aromatic heterocycles. The lowest BCUT2D eigenvalue weighted by atomic mass is 9.68. The van der Waals surface area contributed by atoms with Crippen LogP contribution in [0.5, 0.6) is 0 Å². The molecule has 3 heteroatoms. The average molecular weight is 355 g/mol. The van der Waals surface area contributed by atoms with Crippen LogP contribution in [0.1, 0.15) is 99.3 Å². The summed E-state index contributed by atoms with van der Waals surface area (Å²) in [6.45, 7) is 13.2. The summed E-state index contributed by atoms with van der Waals surface area (Å²) >= 11 is 0. The highest BCUT2D eigenvalue weighted by Crippen LogP contribution is 2.41. The standard InChI is InChI=1S/C22H42O3/c1-8-21(3,4)16-18(22(5,6)9-2)20(23)25-19(24-7)15-17-13-11-10-12-14-17/h17-19H,8-16H2,1-7H3. The Kier molecular flexibility index (Phi) is 8.94. The van der Waals surface area contributed by atoms with Crippen molar-refractivity contribution in [3.05, 3.63) is 0 Å². The van der Waals surface area contributed by atoms with Gasteiger partial charge in [0.2, 0.25) is 6.29 Å². The van der Waals surface area contributed by atoms with Crippen molar-refractivity contribution in [3.63, 3.8) is 0 Å². The van der Waals surface area contributed by atoms with E-state index in [2.05, 4.69) is 41.5 Å². The van der Waals surface area contributed by atoms with Crippen LogP contribution in [0.15, 0.2) is 0 Å². The van der Waals surface area contributed by atoms with E-state index in [0.29, 0.717) is 5.92 Å². The van der Waals surface area contributed by atoms with Gasteiger partial charge in [-0.05, 0) is 23.2 Å². The molecule has 148 valence electrons. The summed E-state index contributed by atoms with van der Waals surface area (Å²) in [5.41, 5.74) is 0.0781. The zero-order valence-electron chi connectivity index (χ0n) is 17.8. The molecule has 0 aromatic rings. The van der Waals surface area contributed by atoms with E-state index in [1.54, 1.807) is 7.11 Å². The van der Waals surface area contributed by atoms with Gasteiger partial charge >= 0.3 is 5.97 Å². The Morgan fingerprint density at radius 2 is 1.64 bits per heavy atom. The van der Waals surface area contributed by atoms with E-state index in [-0.39, 0.29) is 22.7 Å². The minimum atomic E-state index is -0.393. The van der Waals surface area contributed by atoms with Gasteiger partial charge in [-0.1, -0.05) is 86.5 Å². The molecule has 0 amide bonds. The van der Waals surface area contributed by atoms with Crippen LogP contribution in [0.2, 0.25) is 0 Å². The summed E-state index contributed by atoms with van der Waals surface area (Å²) < 4.78 is 11.4. The summed E-state index contributed by atoms with van der Waals surface area (Å²) in [6.07, 6.45) is 9.76. The van der Waals surface area contributed by atoms with Crippen LogP contribution >= 0.6 is 0 Å². The molecule has 0 heterocycles. The Bertz CT molecular complexity index is 394. The first-order valence-corrected chi connectivity index (χ1v) is 10.4. The van der Waals surface area contributed by atoms with Gasteiger partial charge in [0.05, 0.1) is 5.92 Å². The zero-order valence-corrected chi connectivity index (χ0v) is 17.8. The Balaban J connectivity index is 2.77. The van der Waals surface area contributed by atoms with Gasteiger partial charge in [0.25, 0.3) is 0 Å². The zero-order chi connectivity index (χ0) is 19.1. The van der Waals surface area contributed by atoms with Crippen molar-refractivity contribution in [3.8, 4) is 0 Å². The summed E-state index contributed by atoms with van der Waals surface area (Å²) in [4.78, 5) is 13.1. The normalized spacial score (nSPS) is 19.5. The van der Waals surface area contributed by atoms with E-state index < -0.39 is 6.29 Å². The molecule has 1 aliphatic carbocycles. The highest BCUT2D eigenvalue weighted by Gasteiger charge is 2.39. The lowest BCUT2D eigenvalue weighted by Crippen LogP contribution is -2.38. The van der Waals surface area contributed by atoms with Gasteiger partial charge in [0, 0.05) is 13.5 Å². The molecule has 1 rings (SSSR count). The lowest BCUT2D eigenvalue weighted by Gasteiger charge is -2.38. The third-order valence-electron chi connectivity index (χ3n) is 6.61. The summed E-state index contributed by atoms with van der Waals surface area (Å²) in [6, 6.07) is 0. The molecule has 1 aliphatic rings. The number of ether oxygens (including phenoxy) is 2. The molecule has 1 saturated carbocycles.